The quantitative estimate of drug-likeness (QED) is 0.0850. The summed E-state index contributed by atoms with van der Waals surface area (Å²) in [5.41, 5.74) is 3.67. The highest BCUT2D eigenvalue weighted by atomic mass is 16.6. The highest BCUT2D eigenvalue weighted by Gasteiger charge is 2.56. The summed E-state index contributed by atoms with van der Waals surface area (Å²) < 4.78 is 23.5. The second-order valence-electron chi connectivity index (χ2n) is 14.4. The fraction of sp³-hybridized carbons (Fsp3) is 0.735. The van der Waals surface area contributed by atoms with E-state index in [1.807, 2.05) is 6.92 Å². The number of hydrogen-bond donors (Lipinski definition) is 5. The number of carbonyl (C=O) groups is 3. The van der Waals surface area contributed by atoms with Crippen LogP contribution < -0.4 is 11.1 Å². The molecule has 2 aliphatic rings. The summed E-state index contributed by atoms with van der Waals surface area (Å²) in [4.78, 5) is 46.1. The smallest absolute Gasteiger partial charge is 0.323 e. The Morgan fingerprint density at radius 2 is 1.89 bits per heavy atom. The SMILES string of the molecule is CCCCOC(C)(C)C(=O)NC(=NC=N)c1ccc([C@]2(C)O[C@H](COC(=O)CC3CCCCC3)[C@@H](OC(=O)[C@@H](N)C(C)(C)C)[C@H]2O)[nH]1. The Morgan fingerprint density at radius 3 is 2.51 bits per heavy atom. The molecule has 0 spiro atoms. The first-order chi connectivity index (χ1) is 22.0. The number of hydrogen-bond acceptors (Lipinski definition) is 10. The maximum absolute atomic E-state index is 13.1. The van der Waals surface area contributed by atoms with Gasteiger partial charge in [-0.25, -0.2) is 4.99 Å². The molecule has 47 heavy (non-hydrogen) atoms. The summed E-state index contributed by atoms with van der Waals surface area (Å²) in [7, 11) is 0. The van der Waals surface area contributed by atoms with Crippen molar-refractivity contribution >= 4 is 30.0 Å². The van der Waals surface area contributed by atoms with Crippen molar-refractivity contribution in [2.75, 3.05) is 13.2 Å². The molecule has 1 aromatic heterocycles. The minimum atomic E-state index is -1.46. The molecular weight excluding hydrogens is 606 g/mol. The van der Waals surface area contributed by atoms with E-state index >= 15 is 0 Å². The van der Waals surface area contributed by atoms with Gasteiger partial charge in [-0.3, -0.25) is 19.8 Å². The van der Waals surface area contributed by atoms with Crippen molar-refractivity contribution in [3.63, 3.8) is 0 Å². The van der Waals surface area contributed by atoms with Crippen LogP contribution in [0.2, 0.25) is 0 Å². The predicted molar refractivity (Wildman–Crippen MR) is 177 cm³/mol. The van der Waals surface area contributed by atoms with E-state index in [1.54, 1.807) is 53.7 Å². The van der Waals surface area contributed by atoms with Crippen LogP contribution >= 0.6 is 0 Å². The molecule has 13 nitrogen and oxygen atoms in total. The lowest BCUT2D eigenvalue weighted by atomic mass is 9.87. The van der Waals surface area contributed by atoms with E-state index in [1.165, 1.54) is 6.42 Å². The number of carbonyl (C=O) groups excluding carboxylic acids is 3. The molecule has 0 radical (unpaired) electrons. The number of unbranched alkanes of at least 4 members (excludes halogenated alkanes) is 1. The standard InChI is InChI=1S/C34H55N5O8/c1-8-9-17-45-33(5,6)31(43)39-29(37-20-35)22-15-16-24(38-22)34(7)28(41)26(46-30(42)27(36)32(2,3)4)23(47-34)19-44-25(40)18-21-13-11-10-12-14-21/h15-16,20-21,23,26-28,38,41H,8-14,17-19,36H2,1-7H3,(H2,35,37,39,43)/t23-,26-,27-,28-,34+/m1/s1. The van der Waals surface area contributed by atoms with Gasteiger partial charge in [-0.05, 0) is 63.5 Å². The van der Waals surface area contributed by atoms with Gasteiger partial charge in [-0.15, -0.1) is 0 Å². The Balaban J connectivity index is 1.83. The van der Waals surface area contributed by atoms with E-state index in [-0.39, 0.29) is 24.3 Å². The van der Waals surface area contributed by atoms with Gasteiger partial charge in [0.2, 0.25) is 0 Å². The number of aromatic amines is 1. The average molecular weight is 662 g/mol. The molecule has 2 heterocycles. The molecule has 0 aromatic carbocycles. The molecule has 6 N–H and O–H groups in total. The minimum absolute atomic E-state index is 0.0619. The molecule has 0 unspecified atom stereocenters. The highest BCUT2D eigenvalue weighted by Crippen LogP contribution is 2.41. The molecule has 1 saturated carbocycles. The van der Waals surface area contributed by atoms with E-state index in [0.29, 0.717) is 24.4 Å². The van der Waals surface area contributed by atoms with E-state index < -0.39 is 52.8 Å². The number of amides is 1. The minimum Gasteiger partial charge on any atom is -0.463 e. The molecule has 1 aromatic rings. The van der Waals surface area contributed by atoms with Crippen LogP contribution in [0.1, 0.15) is 111 Å². The van der Waals surface area contributed by atoms with Gasteiger partial charge in [0, 0.05) is 13.0 Å². The van der Waals surface area contributed by atoms with Crippen LogP contribution in [0, 0.1) is 16.7 Å². The third kappa shape index (κ3) is 9.94. The molecule has 0 bridgehead atoms. The molecule has 1 saturated heterocycles. The number of aliphatic hydroxyl groups is 1. The van der Waals surface area contributed by atoms with E-state index in [0.717, 1.165) is 44.9 Å². The molecular formula is C34H55N5O8. The number of ether oxygens (including phenoxy) is 4. The van der Waals surface area contributed by atoms with Gasteiger partial charge in [0.25, 0.3) is 5.91 Å². The van der Waals surface area contributed by atoms with Crippen molar-refractivity contribution in [3.05, 3.63) is 23.5 Å². The normalized spacial score (nSPS) is 24.9. The van der Waals surface area contributed by atoms with Crippen LogP contribution in [0.4, 0.5) is 0 Å². The van der Waals surface area contributed by atoms with E-state index in [9.17, 15) is 19.5 Å². The number of aliphatic hydroxyl groups excluding tert-OH is 1. The summed E-state index contributed by atoms with van der Waals surface area (Å²) in [5.74, 6) is -1.20. The lowest BCUT2D eigenvalue weighted by Crippen LogP contribution is -2.49. The van der Waals surface area contributed by atoms with Crippen molar-refractivity contribution in [2.24, 2.45) is 22.1 Å². The van der Waals surface area contributed by atoms with Crippen LogP contribution in [0.5, 0.6) is 0 Å². The van der Waals surface area contributed by atoms with Crippen molar-refractivity contribution in [1.82, 2.24) is 10.3 Å². The van der Waals surface area contributed by atoms with Crippen molar-refractivity contribution in [3.8, 4) is 0 Å². The third-order valence-electron chi connectivity index (χ3n) is 9.08. The maximum Gasteiger partial charge on any atom is 0.323 e. The van der Waals surface area contributed by atoms with Crippen LogP contribution in [-0.4, -0.2) is 83.3 Å². The predicted octanol–water partition coefficient (Wildman–Crippen LogP) is 3.85. The van der Waals surface area contributed by atoms with Gasteiger partial charge in [0.1, 0.15) is 42.4 Å². The summed E-state index contributed by atoms with van der Waals surface area (Å²) >= 11 is 0. The summed E-state index contributed by atoms with van der Waals surface area (Å²) in [5, 5.41) is 21.9. The number of nitrogens with one attached hydrogen (secondary N) is 3. The van der Waals surface area contributed by atoms with E-state index in [2.05, 4.69) is 15.3 Å². The van der Waals surface area contributed by atoms with Crippen LogP contribution in [-0.2, 0) is 38.9 Å². The zero-order valence-electron chi connectivity index (χ0n) is 29.0. The molecule has 1 amide bonds. The third-order valence-corrected chi connectivity index (χ3v) is 9.08. The van der Waals surface area contributed by atoms with Crippen molar-refractivity contribution < 1.29 is 38.4 Å². The number of nitrogens with zero attached hydrogens (tertiary/aromatic N) is 1. The Labute approximate surface area is 278 Å². The highest BCUT2D eigenvalue weighted by molar-refractivity contribution is 6.10. The van der Waals surface area contributed by atoms with Crippen molar-refractivity contribution in [2.45, 2.75) is 135 Å². The molecule has 1 aliphatic heterocycles. The number of nitrogens with two attached hydrogens (primary N) is 1. The number of aromatic nitrogens is 1. The second kappa shape index (κ2) is 16.3. The zero-order valence-corrected chi connectivity index (χ0v) is 29.0. The summed E-state index contributed by atoms with van der Waals surface area (Å²) in [6.07, 6.45) is 4.57. The molecule has 2 fully saturated rings. The molecule has 264 valence electrons. The first kappa shape index (κ1) is 38.3. The van der Waals surface area contributed by atoms with Gasteiger partial charge in [0.15, 0.2) is 11.9 Å². The maximum atomic E-state index is 13.1. The summed E-state index contributed by atoms with van der Waals surface area (Å²) in [6.45, 7) is 12.5. The van der Waals surface area contributed by atoms with Gasteiger partial charge < -0.3 is 40.1 Å². The topological polar surface area (TPSA) is 198 Å². The van der Waals surface area contributed by atoms with Gasteiger partial charge in [0.05, 0.1) is 11.4 Å². The Hall–Kier alpha value is -3.13. The fourth-order valence-corrected chi connectivity index (χ4v) is 5.73. The number of amidine groups is 1. The summed E-state index contributed by atoms with van der Waals surface area (Å²) in [6, 6.07) is 2.29. The van der Waals surface area contributed by atoms with Gasteiger partial charge >= 0.3 is 11.9 Å². The largest absolute Gasteiger partial charge is 0.463 e. The number of rotatable bonds is 14. The van der Waals surface area contributed by atoms with Gasteiger partial charge in [-0.2, -0.15) is 0 Å². The Kier molecular flexibility index (Phi) is 13.3. The number of H-pyrrole nitrogens is 1. The lowest BCUT2D eigenvalue weighted by Gasteiger charge is -2.29. The second-order valence-corrected chi connectivity index (χ2v) is 14.4. The molecule has 1 aliphatic carbocycles. The zero-order chi connectivity index (χ0) is 35.0. The van der Waals surface area contributed by atoms with E-state index in [4.69, 9.17) is 30.1 Å². The monoisotopic (exact) mass is 661 g/mol. The lowest BCUT2D eigenvalue weighted by molar-refractivity contribution is -0.164. The first-order valence-corrected chi connectivity index (χ1v) is 16.7. The van der Waals surface area contributed by atoms with Crippen molar-refractivity contribution in [1.29, 1.82) is 5.41 Å². The number of aliphatic imine (C=N–C) groups is 1. The average Bonchev–Trinajstić information content (AvgIpc) is 3.60. The number of esters is 2. The van der Waals surface area contributed by atoms with Crippen LogP contribution in [0.3, 0.4) is 0 Å². The first-order valence-electron chi connectivity index (χ1n) is 16.7. The van der Waals surface area contributed by atoms with Gasteiger partial charge in [-0.1, -0.05) is 53.4 Å². The Morgan fingerprint density at radius 1 is 1.21 bits per heavy atom. The Bertz CT molecular complexity index is 1270. The molecule has 13 heteroatoms. The van der Waals surface area contributed by atoms with Crippen LogP contribution in [0.25, 0.3) is 0 Å². The molecule has 5 atom stereocenters. The molecule has 3 rings (SSSR count). The van der Waals surface area contributed by atoms with Crippen LogP contribution in [0.15, 0.2) is 17.1 Å². The fourth-order valence-electron chi connectivity index (χ4n) is 5.73.